The van der Waals surface area contributed by atoms with Crippen molar-refractivity contribution in [2.75, 3.05) is 13.1 Å². The van der Waals surface area contributed by atoms with Crippen molar-refractivity contribution in [3.8, 4) is 5.88 Å². The van der Waals surface area contributed by atoms with Gasteiger partial charge in [-0.1, -0.05) is 42.0 Å². The number of nitrogens with two attached hydrogens (primary N) is 1. The van der Waals surface area contributed by atoms with E-state index in [4.69, 9.17) is 17.3 Å². The topological polar surface area (TPSA) is 96.8 Å². The van der Waals surface area contributed by atoms with Crippen LogP contribution < -0.4 is 5.73 Å². The molecule has 9 heteroatoms. The average molecular weight is 420 g/mol. The number of carbonyl (C=O) groups excluding carboxylic acids is 1. The third-order valence-electron chi connectivity index (χ3n) is 5.27. The van der Waals surface area contributed by atoms with Gasteiger partial charge in [-0.15, -0.1) is 5.10 Å². The van der Waals surface area contributed by atoms with E-state index in [1.54, 1.807) is 0 Å². The zero-order chi connectivity index (χ0) is 19.8. The number of aromatic nitrogens is 3. The molecule has 1 aliphatic rings. The SMILES string of the molecule is CCc1nc2sc(C(c3cccc(Cl)c3)N3CCC(C(N)=O)CC3)c(O)n2n1. The minimum absolute atomic E-state index is 0.0979. The van der Waals surface area contributed by atoms with Gasteiger partial charge in [-0.2, -0.15) is 4.52 Å². The lowest BCUT2D eigenvalue weighted by Crippen LogP contribution is -2.40. The fraction of sp³-hybridized carbons (Fsp3) is 0.421. The first kappa shape index (κ1) is 19.2. The number of piperidine rings is 1. The molecule has 0 spiro atoms. The highest BCUT2D eigenvalue weighted by atomic mass is 35.5. The Bertz CT molecular complexity index is 1010. The highest BCUT2D eigenvalue weighted by molar-refractivity contribution is 7.17. The van der Waals surface area contributed by atoms with E-state index >= 15 is 0 Å². The molecule has 2 aromatic heterocycles. The summed E-state index contributed by atoms with van der Waals surface area (Å²) in [4.78, 5) is 19.7. The first-order chi connectivity index (χ1) is 13.5. The maximum atomic E-state index is 11.5. The molecule has 1 amide bonds. The molecule has 3 heterocycles. The van der Waals surface area contributed by atoms with E-state index in [0.717, 1.165) is 10.4 Å². The van der Waals surface area contributed by atoms with Crippen molar-refractivity contribution < 1.29 is 9.90 Å². The van der Waals surface area contributed by atoms with Crippen LogP contribution in [0.15, 0.2) is 24.3 Å². The van der Waals surface area contributed by atoms with Gasteiger partial charge in [0.15, 0.2) is 5.82 Å². The number of thiazole rings is 1. The van der Waals surface area contributed by atoms with Crippen LogP contribution in [-0.4, -0.2) is 43.6 Å². The molecule has 1 saturated heterocycles. The van der Waals surface area contributed by atoms with E-state index in [9.17, 15) is 9.90 Å². The van der Waals surface area contributed by atoms with Crippen molar-refractivity contribution in [3.05, 3.63) is 45.6 Å². The van der Waals surface area contributed by atoms with E-state index < -0.39 is 0 Å². The van der Waals surface area contributed by atoms with Gasteiger partial charge in [0.25, 0.3) is 0 Å². The van der Waals surface area contributed by atoms with Gasteiger partial charge >= 0.3 is 0 Å². The Labute approximate surface area is 171 Å². The molecule has 0 saturated carbocycles. The molecule has 0 aliphatic carbocycles. The van der Waals surface area contributed by atoms with Crippen LogP contribution in [0.3, 0.4) is 0 Å². The van der Waals surface area contributed by atoms with E-state index in [1.807, 2.05) is 31.2 Å². The second kappa shape index (κ2) is 7.69. The first-order valence-corrected chi connectivity index (χ1v) is 10.5. The van der Waals surface area contributed by atoms with Gasteiger partial charge in [-0.25, -0.2) is 4.98 Å². The maximum absolute atomic E-state index is 11.5. The summed E-state index contributed by atoms with van der Waals surface area (Å²) in [6, 6.07) is 7.47. The fourth-order valence-corrected chi connectivity index (χ4v) is 5.10. The molecule has 3 aromatic rings. The van der Waals surface area contributed by atoms with Crippen LogP contribution >= 0.6 is 22.9 Å². The van der Waals surface area contributed by atoms with Gasteiger partial charge in [-0.3, -0.25) is 9.69 Å². The molecule has 1 aliphatic heterocycles. The predicted octanol–water partition coefficient (Wildman–Crippen LogP) is 3.00. The molecule has 0 bridgehead atoms. The highest BCUT2D eigenvalue weighted by Crippen LogP contribution is 2.41. The molecule has 7 nitrogen and oxygen atoms in total. The Morgan fingerprint density at radius 2 is 2.18 bits per heavy atom. The number of amides is 1. The number of hydrogen-bond acceptors (Lipinski definition) is 6. The zero-order valence-corrected chi connectivity index (χ0v) is 17.1. The predicted molar refractivity (Wildman–Crippen MR) is 109 cm³/mol. The molecule has 1 aromatic carbocycles. The third-order valence-corrected chi connectivity index (χ3v) is 6.58. The summed E-state index contributed by atoms with van der Waals surface area (Å²) in [6.45, 7) is 3.39. The van der Waals surface area contributed by atoms with Crippen molar-refractivity contribution in [3.63, 3.8) is 0 Å². The monoisotopic (exact) mass is 419 g/mol. The second-order valence-electron chi connectivity index (χ2n) is 7.04. The number of aryl methyl sites for hydroxylation is 1. The largest absolute Gasteiger partial charge is 0.492 e. The number of benzene rings is 1. The van der Waals surface area contributed by atoms with Crippen molar-refractivity contribution in [1.82, 2.24) is 19.5 Å². The summed E-state index contributed by atoms with van der Waals surface area (Å²) in [5.41, 5.74) is 6.47. The Hall–Kier alpha value is -2.16. The summed E-state index contributed by atoms with van der Waals surface area (Å²) in [7, 11) is 0. The number of likely N-dealkylation sites (tertiary alicyclic amines) is 1. The van der Waals surface area contributed by atoms with Gasteiger partial charge in [0, 0.05) is 17.4 Å². The van der Waals surface area contributed by atoms with Crippen molar-refractivity contribution >= 4 is 33.8 Å². The van der Waals surface area contributed by atoms with Crippen molar-refractivity contribution in [2.45, 2.75) is 32.2 Å². The second-order valence-corrected chi connectivity index (χ2v) is 8.48. The van der Waals surface area contributed by atoms with Crippen LogP contribution in [0.5, 0.6) is 5.88 Å². The molecule has 0 radical (unpaired) electrons. The number of hydrogen-bond donors (Lipinski definition) is 2. The molecule has 1 unspecified atom stereocenters. The summed E-state index contributed by atoms with van der Waals surface area (Å²) >= 11 is 7.68. The lowest BCUT2D eigenvalue weighted by atomic mass is 9.93. The number of primary amides is 1. The standard InChI is InChI=1S/C19H22ClN5O2S/c1-2-14-22-19-25(23-14)18(27)16(28-19)15(12-4-3-5-13(20)10-12)24-8-6-11(7-9-24)17(21)26/h3-5,10-11,15,27H,2,6-9H2,1H3,(H2,21,26). The number of rotatable bonds is 5. The summed E-state index contributed by atoms with van der Waals surface area (Å²) < 4.78 is 1.51. The molecule has 148 valence electrons. The molecule has 1 fully saturated rings. The van der Waals surface area contributed by atoms with Crippen molar-refractivity contribution in [2.24, 2.45) is 11.7 Å². The van der Waals surface area contributed by atoms with Crippen LogP contribution in [0.25, 0.3) is 4.96 Å². The average Bonchev–Trinajstić information content (AvgIpc) is 3.22. The fourth-order valence-electron chi connectivity index (χ4n) is 3.77. The maximum Gasteiger partial charge on any atom is 0.230 e. The van der Waals surface area contributed by atoms with Crippen molar-refractivity contribution in [1.29, 1.82) is 0 Å². The Balaban J connectivity index is 1.74. The van der Waals surface area contributed by atoms with Crippen LogP contribution in [0.1, 0.15) is 42.1 Å². The van der Waals surface area contributed by atoms with Gasteiger partial charge in [0.05, 0.1) is 10.9 Å². The number of fused-ring (bicyclic) bond motifs is 1. The van der Waals surface area contributed by atoms with E-state index in [0.29, 0.717) is 48.2 Å². The Kier molecular flexibility index (Phi) is 5.27. The quantitative estimate of drug-likeness (QED) is 0.662. The summed E-state index contributed by atoms with van der Waals surface area (Å²) in [5, 5.41) is 15.9. The minimum atomic E-state index is -0.243. The van der Waals surface area contributed by atoms with Gasteiger partial charge < -0.3 is 10.8 Å². The summed E-state index contributed by atoms with van der Waals surface area (Å²) in [6.07, 6.45) is 2.11. The van der Waals surface area contributed by atoms with Gasteiger partial charge in [-0.05, 0) is 43.6 Å². The molecule has 4 rings (SSSR count). The van der Waals surface area contributed by atoms with Crippen LogP contribution in [0, 0.1) is 5.92 Å². The summed E-state index contributed by atoms with van der Waals surface area (Å²) in [5.74, 6) is 0.468. The normalized spacial score (nSPS) is 17.2. The molecular formula is C19H22ClN5O2S. The van der Waals surface area contributed by atoms with Crippen LogP contribution in [0.4, 0.5) is 0 Å². The van der Waals surface area contributed by atoms with E-state index in [2.05, 4.69) is 15.0 Å². The Morgan fingerprint density at radius 1 is 1.43 bits per heavy atom. The zero-order valence-electron chi connectivity index (χ0n) is 15.5. The lowest BCUT2D eigenvalue weighted by molar-refractivity contribution is -0.123. The molecular weight excluding hydrogens is 398 g/mol. The molecule has 1 atom stereocenters. The number of nitrogens with zero attached hydrogens (tertiary/aromatic N) is 4. The molecule has 28 heavy (non-hydrogen) atoms. The number of aromatic hydroxyl groups is 1. The van der Waals surface area contributed by atoms with Crippen LogP contribution in [-0.2, 0) is 11.2 Å². The van der Waals surface area contributed by atoms with Gasteiger partial charge in [0.2, 0.25) is 16.7 Å². The number of carbonyl (C=O) groups is 1. The Morgan fingerprint density at radius 3 is 2.79 bits per heavy atom. The first-order valence-electron chi connectivity index (χ1n) is 9.34. The minimum Gasteiger partial charge on any atom is -0.492 e. The van der Waals surface area contributed by atoms with E-state index in [1.165, 1.54) is 15.9 Å². The van der Waals surface area contributed by atoms with E-state index in [-0.39, 0.29) is 23.7 Å². The number of halogens is 1. The lowest BCUT2D eigenvalue weighted by Gasteiger charge is -2.36. The molecule has 3 N–H and O–H groups in total. The highest BCUT2D eigenvalue weighted by Gasteiger charge is 2.33. The van der Waals surface area contributed by atoms with Gasteiger partial charge in [0.1, 0.15) is 0 Å². The third kappa shape index (κ3) is 3.47. The smallest absolute Gasteiger partial charge is 0.230 e. The van der Waals surface area contributed by atoms with Crippen LogP contribution in [0.2, 0.25) is 5.02 Å².